The molecule has 0 unspecified atom stereocenters. The Morgan fingerprint density at radius 1 is 0.884 bits per heavy atom. The zero-order valence-corrected chi connectivity index (χ0v) is 26.6. The number of carboxylic acid groups (broad SMARTS) is 1. The van der Waals surface area contributed by atoms with E-state index in [0.29, 0.717) is 38.6 Å². The first-order valence-corrected chi connectivity index (χ1v) is 15.9. The van der Waals surface area contributed by atoms with Crippen LogP contribution in [0.25, 0.3) is 0 Å². The van der Waals surface area contributed by atoms with Gasteiger partial charge in [0.05, 0.1) is 18.1 Å². The molecule has 1 aromatic carbocycles. The monoisotopic (exact) mass is 640 g/mol. The topological polar surface area (TPSA) is 211 Å². The predicted octanol–water partition coefficient (Wildman–Crippen LogP) is 0.273. The molecule has 3 amide bonds. The van der Waals surface area contributed by atoms with Crippen molar-refractivity contribution >= 4 is 54.7 Å². The largest absolute Gasteiger partial charge is 0.480 e. The van der Waals surface area contributed by atoms with Crippen molar-refractivity contribution in [3.05, 3.63) is 35.9 Å². The van der Waals surface area contributed by atoms with Gasteiger partial charge in [0.2, 0.25) is 17.7 Å². The molecule has 0 bridgehead atoms. The number of hydrogen-bond acceptors (Lipinski definition) is 10. The van der Waals surface area contributed by atoms with Gasteiger partial charge in [-0.1, -0.05) is 36.8 Å². The molecule has 43 heavy (non-hydrogen) atoms. The van der Waals surface area contributed by atoms with E-state index in [2.05, 4.69) is 35.9 Å². The lowest BCUT2D eigenvalue weighted by Gasteiger charge is -2.33. The summed E-state index contributed by atoms with van der Waals surface area (Å²) < 4.78 is 0. The first kappa shape index (κ1) is 38.4. The Morgan fingerprint density at radius 2 is 1.53 bits per heavy atom. The van der Waals surface area contributed by atoms with Crippen LogP contribution in [0.2, 0.25) is 0 Å². The van der Waals surface area contributed by atoms with Gasteiger partial charge >= 0.3 is 5.97 Å². The summed E-state index contributed by atoms with van der Waals surface area (Å²) in [6.07, 6.45) is 3.25. The number of hydrogen-bond donors (Lipinski definition) is 8. The van der Waals surface area contributed by atoms with Gasteiger partial charge in [-0.05, 0) is 51.1 Å². The summed E-state index contributed by atoms with van der Waals surface area (Å²) in [7, 11) is 0. The lowest BCUT2D eigenvalue weighted by Crippen LogP contribution is -2.57. The van der Waals surface area contributed by atoms with Gasteiger partial charge in [0, 0.05) is 30.9 Å². The molecule has 9 N–H and O–H groups in total. The van der Waals surface area contributed by atoms with Crippen molar-refractivity contribution in [3.63, 3.8) is 0 Å². The number of aliphatic carboxylic acids is 1. The molecular formula is C29H48N6O6S2. The second-order valence-electron chi connectivity index (χ2n) is 10.5. The molecule has 242 valence electrons. The fraction of sp³-hybridized carbons (Fsp3) is 0.621. The van der Waals surface area contributed by atoms with Crippen molar-refractivity contribution in [1.82, 2.24) is 15.5 Å². The fourth-order valence-electron chi connectivity index (χ4n) is 4.40. The minimum absolute atomic E-state index is 0.0627. The number of amides is 3. The molecule has 0 saturated heterocycles. The number of ketones is 1. The maximum absolute atomic E-state index is 13.6. The highest BCUT2D eigenvalue weighted by atomic mass is 32.1. The summed E-state index contributed by atoms with van der Waals surface area (Å²) in [5, 5.41) is 15.0. The van der Waals surface area contributed by atoms with Crippen LogP contribution in [-0.4, -0.2) is 94.3 Å². The molecule has 0 heterocycles. The van der Waals surface area contributed by atoms with Crippen molar-refractivity contribution in [2.75, 3.05) is 24.6 Å². The molecule has 0 aromatic heterocycles. The molecule has 14 heteroatoms. The van der Waals surface area contributed by atoms with E-state index in [4.69, 9.17) is 17.2 Å². The van der Waals surface area contributed by atoms with Gasteiger partial charge in [-0.25, -0.2) is 4.79 Å². The lowest BCUT2D eigenvalue weighted by molar-refractivity contribution is -0.145. The number of Topliss-reactive ketones (excluding diaryl/α,β-unsaturated/α-hetero) is 1. The SMILES string of the molecule is C[C@H](NC(=O)[C@@H](N)CS)C(=O)CCCCCN(C(=O)[C@@H](N)CS)[C@H](CCCCN)C(=O)N[C@@H](Cc1ccccc1)C(=O)O. The van der Waals surface area contributed by atoms with E-state index in [9.17, 15) is 29.1 Å². The first-order valence-electron chi connectivity index (χ1n) is 14.6. The summed E-state index contributed by atoms with van der Waals surface area (Å²) in [6, 6.07) is 4.33. The van der Waals surface area contributed by atoms with Crippen molar-refractivity contribution in [3.8, 4) is 0 Å². The summed E-state index contributed by atoms with van der Waals surface area (Å²) in [4.78, 5) is 64.7. The molecule has 12 nitrogen and oxygen atoms in total. The van der Waals surface area contributed by atoms with Gasteiger partial charge in [0.1, 0.15) is 12.1 Å². The maximum atomic E-state index is 13.6. The van der Waals surface area contributed by atoms with Gasteiger partial charge in [-0.15, -0.1) is 0 Å². The van der Waals surface area contributed by atoms with Crippen LogP contribution in [0, 0.1) is 0 Å². The minimum atomic E-state index is -1.20. The molecule has 0 radical (unpaired) electrons. The molecule has 0 aliphatic rings. The number of thiol groups is 2. The van der Waals surface area contributed by atoms with Gasteiger partial charge in [-0.2, -0.15) is 25.3 Å². The van der Waals surface area contributed by atoms with Crippen LogP contribution in [0.3, 0.4) is 0 Å². The summed E-state index contributed by atoms with van der Waals surface area (Å²) in [5.41, 5.74) is 18.1. The quantitative estimate of drug-likeness (QED) is 0.0645. The molecule has 1 rings (SSSR count). The lowest BCUT2D eigenvalue weighted by atomic mass is 10.0. The molecule has 0 aliphatic carbocycles. The number of carboxylic acids is 1. The number of benzene rings is 1. The van der Waals surface area contributed by atoms with E-state index in [0.717, 1.165) is 5.56 Å². The van der Waals surface area contributed by atoms with E-state index in [-0.39, 0.29) is 43.1 Å². The maximum Gasteiger partial charge on any atom is 0.326 e. The van der Waals surface area contributed by atoms with Crippen LogP contribution in [0.1, 0.15) is 57.4 Å². The van der Waals surface area contributed by atoms with E-state index in [1.54, 1.807) is 31.2 Å². The summed E-state index contributed by atoms with van der Waals surface area (Å²) in [6.45, 7) is 2.17. The number of carbonyl (C=O) groups excluding carboxylic acids is 4. The molecule has 5 atom stereocenters. The number of nitrogens with one attached hydrogen (secondary N) is 2. The highest BCUT2D eigenvalue weighted by Crippen LogP contribution is 2.15. The minimum Gasteiger partial charge on any atom is -0.480 e. The van der Waals surface area contributed by atoms with E-state index in [1.807, 2.05) is 6.07 Å². The molecule has 0 spiro atoms. The molecule has 0 aliphatic heterocycles. The Balaban J connectivity index is 2.96. The number of rotatable bonds is 22. The van der Waals surface area contributed by atoms with E-state index >= 15 is 0 Å². The van der Waals surface area contributed by atoms with Crippen LogP contribution in [0.15, 0.2) is 30.3 Å². The highest BCUT2D eigenvalue weighted by molar-refractivity contribution is 7.80. The van der Waals surface area contributed by atoms with Crippen LogP contribution < -0.4 is 27.8 Å². The van der Waals surface area contributed by atoms with Gasteiger partial charge in [-0.3, -0.25) is 19.2 Å². The van der Waals surface area contributed by atoms with Crippen molar-refractivity contribution in [2.45, 2.75) is 88.5 Å². The van der Waals surface area contributed by atoms with Crippen LogP contribution in [-0.2, 0) is 30.4 Å². The third-order valence-electron chi connectivity index (χ3n) is 7.00. The van der Waals surface area contributed by atoms with E-state index in [1.165, 1.54) is 4.90 Å². The van der Waals surface area contributed by atoms with E-state index < -0.39 is 53.9 Å². The van der Waals surface area contributed by atoms with Gasteiger partial charge in [0.15, 0.2) is 5.78 Å². The normalized spacial score (nSPS) is 14.6. The second kappa shape index (κ2) is 21.1. The number of nitrogens with zero attached hydrogens (tertiary/aromatic N) is 1. The third-order valence-corrected chi connectivity index (χ3v) is 7.79. The van der Waals surface area contributed by atoms with Crippen molar-refractivity contribution in [1.29, 1.82) is 0 Å². The predicted molar refractivity (Wildman–Crippen MR) is 173 cm³/mol. The van der Waals surface area contributed by atoms with Crippen LogP contribution in [0.5, 0.6) is 0 Å². The standard InChI is InChI=1S/C29H48N6O6S2/c1-19(33-26(37)21(31)17-42)25(36)13-6-3-9-15-35(28(39)22(32)18-43)24(12-7-8-14-30)27(38)34-23(29(40)41)16-20-10-4-2-5-11-20/h2,4-5,10-11,19,21-24,42-43H,3,6-9,12-18,30-32H2,1H3,(H,33,37)(H,34,38)(H,40,41)/t19-,21-,22-,23-,24+/m0/s1. The first-order chi connectivity index (χ1) is 20.5. The molecule has 0 fully saturated rings. The summed E-state index contributed by atoms with van der Waals surface area (Å²) >= 11 is 8.14. The molecular weight excluding hydrogens is 592 g/mol. The zero-order valence-electron chi connectivity index (χ0n) is 24.8. The Bertz CT molecular complexity index is 1030. The fourth-order valence-corrected chi connectivity index (χ4v) is 4.72. The Kier molecular flexibility index (Phi) is 18.8. The van der Waals surface area contributed by atoms with Crippen molar-refractivity contribution in [2.24, 2.45) is 17.2 Å². The van der Waals surface area contributed by atoms with Gasteiger partial charge in [0.25, 0.3) is 0 Å². The number of unbranched alkanes of at least 4 members (excludes halogenated alkanes) is 3. The van der Waals surface area contributed by atoms with Crippen LogP contribution in [0.4, 0.5) is 0 Å². The van der Waals surface area contributed by atoms with Crippen molar-refractivity contribution < 1.29 is 29.1 Å². The molecule has 1 aromatic rings. The summed E-state index contributed by atoms with van der Waals surface area (Å²) in [5.74, 6) is -2.61. The molecule has 0 saturated carbocycles. The Hall–Kier alpha value is -2.65. The average molecular weight is 641 g/mol. The number of nitrogens with two attached hydrogens (primary N) is 3. The third kappa shape index (κ3) is 14.1. The van der Waals surface area contributed by atoms with Gasteiger partial charge < -0.3 is 37.8 Å². The van der Waals surface area contributed by atoms with Crippen LogP contribution >= 0.6 is 25.3 Å². The highest BCUT2D eigenvalue weighted by Gasteiger charge is 2.33. The Labute approximate surface area is 265 Å². The zero-order chi connectivity index (χ0) is 32.4. The second-order valence-corrected chi connectivity index (χ2v) is 11.2. The average Bonchev–Trinajstić information content (AvgIpc) is 3.00. The smallest absolute Gasteiger partial charge is 0.326 e. The number of carbonyl (C=O) groups is 5. The Morgan fingerprint density at radius 3 is 2.12 bits per heavy atom.